The standard InChI is InChI=1S/C17H16F2N2O3S/c1-10(22)24-7-6-12-3-5-17(25-12)21-16(20)9-15(23)13-4-2-11(18)8-14(13)19/h2-5,8-9,21H,6-7,20H2,1H3. The van der Waals surface area contributed by atoms with Gasteiger partial charge in [0.25, 0.3) is 0 Å². The molecule has 1 aromatic carbocycles. The molecule has 0 spiro atoms. The molecule has 0 amide bonds. The second-order valence-electron chi connectivity index (χ2n) is 5.07. The minimum Gasteiger partial charge on any atom is -0.465 e. The van der Waals surface area contributed by atoms with Gasteiger partial charge in [-0.2, -0.15) is 0 Å². The van der Waals surface area contributed by atoms with Crippen molar-refractivity contribution in [1.29, 1.82) is 0 Å². The Morgan fingerprint density at radius 2 is 2.04 bits per heavy atom. The molecule has 0 saturated heterocycles. The van der Waals surface area contributed by atoms with Crippen LogP contribution in [0.4, 0.5) is 13.8 Å². The highest BCUT2D eigenvalue weighted by Gasteiger charge is 2.11. The maximum atomic E-state index is 13.6. The average molecular weight is 366 g/mol. The number of halogens is 2. The van der Waals surface area contributed by atoms with Gasteiger partial charge in [0.2, 0.25) is 0 Å². The molecule has 0 aliphatic carbocycles. The number of thiophene rings is 1. The zero-order chi connectivity index (χ0) is 18.4. The van der Waals surface area contributed by atoms with Crippen LogP contribution in [0.25, 0.3) is 0 Å². The molecule has 0 aliphatic heterocycles. The predicted octanol–water partition coefficient (Wildman–Crippen LogP) is 3.23. The Balaban J connectivity index is 1.97. The second kappa shape index (κ2) is 8.39. The Morgan fingerprint density at radius 1 is 1.28 bits per heavy atom. The lowest BCUT2D eigenvalue weighted by atomic mass is 10.1. The molecular weight excluding hydrogens is 350 g/mol. The van der Waals surface area contributed by atoms with E-state index in [0.717, 1.165) is 23.1 Å². The van der Waals surface area contributed by atoms with E-state index in [0.29, 0.717) is 17.5 Å². The minimum absolute atomic E-state index is 0.0297. The fraction of sp³-hybridized carbons (Fsp3) is 0.176. The van der Waals surface area contributed by atoms with Gasteiger partial charge in [0.15, 0.2) is 5.78 Å². The van der Waals surface area contributed by atoms with E-state index in [1.165, 1.54) is 18.3 Å². The molecule has 2 aromatic rings. The molecule has 25 heavy (non-hydrogen) atoms. The van der Waals surface area contributed by atoms with Crippen molar-refractivity contribution in [2.45, 2.75) is 13.3 Å². The first-order valence-corrected chi connectivity index (χ1v) is 8.12. The number of nitrogens with two attached hydrogens (primary N) is 1. The van der Waals surface area contributed by atoms with E-state index in [1.54, 1.807) is 6.07 Å². The van der Waals surface area contributed by atoms with E-state index in [9.17, 15) is 18.4 Å². The third kappa shape index (κ3) is 5.68. The molecule has 0 aliphatic rings. The Bertz CT molecular complexity index is 818. The molecule has 2 rings (SSSR count). The van der Waals surface area contributed by atoms with Gasteiger partial charge in [0.05, 0.1) is 17.2 Å². The van der Waals surface area contributed by atoms with Gasteiger partial charge < -0.3 is 15.8 Å². The summed E-state index contributed by atoms with van der Waals surface area (Å²) in [6.45, 7) is 1.62. The SMILES string of the molecule is CC(=O)OCCc1ccc(NC(N)=CC(=O)c2ccc(F)cc2F)s1. The number of carbonyl (C=O) groups is 2. The van der Waals surface area contributed by atoms with Crippen molar-refractivity contribution in [2.75, 3.05) is 11.9 Å². The lowest BCUT2D eigenvalue weighted by Gasteiger charge is -2.04. The first-order chi connectivity index (χ1) is 11.8. The van der Waals surface area contributed by atoms with Gasteiger partial charge >= 0.3 is 5.97 Å². The van der Waals surface area contributed by atoms with Crippen LogP contribution in [-0.2, 0) is 16.0 Å². The zero-order valence-electron chi connectivity index (χ0n) is 13.3. The highest BCUT2D eigenvalue weighted by molar-refractivity contribution is 7.16. The number of nitrogens with one attached hydrogen (secondary N) is 1. The largest absolute Gasteiger partial charge is 0.465 e. The van der Waals surface area contributed by atoms with Crippen molar-refractivity contribution in [3.8, 4) is 0 Å². The number of hydrogen-bond donors (Lipinski definition) is 2. The summed E-state index contributed by atoms with van der Waals surface area (Å²) < 4.78 is 31.3. The molecule has 132 valence electrons. The van der Waals surface area contributed by atoms with Crippen LogP contribution in [0.5, 0.6) is 0 Å². The lowest BCUT2D eigenvalue weighted by molar-refractivity contribution is -0.140. The van der Waals surface area contributed by atoms with Crippen molar-refractivity contribution in [3.05, 3.63) is 64.3 Å². The molecule has 1 heterocycles. The van der Waals surface area contributed by atoms with Crippen molar-refractivity contribution < 1.29 is 23.1 Å². The first kappa shape index (κ1) is 18.6. The van der Waals surface area contributed by atoms with E-state index in [1.807, 2.05) is 6.07 Å². The van der Waals surface area contributed by atoms with Crippen molar-refractivity contribution in [1.82, 2.24) is 0 Å². The Morgan fingerprint density at radius 3 is 2.72 bits per heavy atom. The minimum atomic E-state index is -0.946. The maximum absolute atomic E-state index is 13.6. The molecule has 0 radical (unpaired) electrons. The van der Waals surface area contributed by atoms with Gasteiger partial charge in [0, 0.05) is 30.4 Å². The molecule has 0 atom stereocenters. The number of hydrogen-bond acceptors (Lipinski definition) is 6. The highest BCUT2D eigenvalue weighted by Crippen LogP contribution is 2.23. The van der Waals surface area contributed by atoms with Crippen LogP contribution in [0.3, 0.4) is 0 Å². The van der Waals surface area contributed by atoms with Crippen LogP contribution in [0, 0.1) is 11.6 Å². The van der Waals surface area contributed by atoms with Gasteiger partial charge in [-0.05, 0) is 24.3 Å². The van der Waals surface area contributed by atoms with Crippen LogP contribution in [-0.4, -0.2) is 18.4 Å². The van der Waals surface area contributed by atoms with E-state index in [-0.39, 0.29) is 24.0 Å². The van der Waals surface area contributed by atoms with Gasteiger partial charge in [-0.15, -0.1) is 11.3 Å². The average Bonchev–Trinajstić information content (AvgIpc) is 2.93. The smallest absolute Gasteiger partial charge is 0.302 e. The summed E-state index contributed by atoms with van der Waals surface area (Å²) in [5.74, 6) is -2.69. The van der Waals surface area contributed by atoms with Crippen molar-refractivity contribution >= 4 is 28.1 Å². The van der Waals surface area contributed by atoms with Crippen molar-refractivity contribution in [2.24, 2.45) is 5.73 Å². The Kier molecular flexibility index (Phi) is 6.24. The van der Waals surface area contributed by atoms with Gasteiger partial charge in [0.1, 0.15) is 17.5 Å². The van der Waals surface area contributed by atoms with Crippen LogP contribution in [0.1, 0.15) is 22.2 Å². The summed E-state index contributed by atoms with van der Waals surface area (Å²) in [7, 11) is 0. The number of benzene rings is 1. The van der Waals surface area contributed by atoms with Gasteiger partial charge in [-0.3, -0.25) is 9.59 Å². The van der Waals surface area contributed by atoms with E-state index in [4.69, 9.17) is 10.5 Å². The predicted molar refractivity (Wildman–Crippen MR) is 91.2 cm³/mol. The third-order valence-electron chi connectivity index (χ3n) is 3.07. The molecule has 1 aromatic heterocycles. The molecule has 0 fully saturated rings. The number of ketones is 1. The second-order valence-corrected chi connectivity index (χ2v) is 6.24. The highest BCUT2D eigenvalue weighted by atomic mass is 32.1. The zero-order valence-corrected chi connectivity index (χ0v) is 14.2. The van der Waals surface area contributed by atoms with E-state index >= 15 is 0 Å². The topological polar surface area (TPSA) is 81.4 Å². The summed E-state index contributed by atoms with van der Waals surface area (Å²) in [5, 5.41) is 3.50. The molecule has 3 N–H and O–H groups in total. The fourth-order valence-electron chi connectivity index (χ4n) is 1.96. The summed E-state index contributed by atoms with van der Waals surface area (Å²) in [6.07, 6.45) is 1.60. The van der Waals surface area contributed by atoms with Crippen LogP contribution in [0.2, 0.25) is 0 Å². The van der Waals surface area contributed by atoms with Crippen LogP contribution >= 0.6 is 11.3 Å². The summed E-state index contributed by atoms with van der Waals surface area (Å²) in [5.41, 5.74) is 5.48. The number of carbonyl (C=O) groups excluding carboxylic acids is 2. The van der Waals surface area contributed by atoms with Crippen LogP contribution in [0.15, 0.2) is 42.2 Å². The monoisotopic (exact) mass is 366 g/mol. The summed E-state index contributed by atoms with van der Waals surface area (Å²) in [6, 6.07) is 6.31. The normalized spacial score (nSPS) is 11.2. The fourth-order valence-corrected chi connectivity index (χ4v) is 2.87. The van der Waals surface area contributed by atoms with Gasteiger partial charge in [-0.25, -0.2) is 8.78 Å². The van der Waals surface area contributed by atoms with E-state index < -0.39 is 17.4 Å². The molecule has 0 bridgehead atoms. The third-order valence-corrected chi connectivity index (χ3v) is 4.13. The molecule has 8 heteroatoms. The van der Waals surface area contributed by atoms with E-state index in [2.05, 4.69) is 5.32 Å². The molecular formula is C17H16F2N2O3S. The van der Waals surface area contributed by atoms with Crippen LogP contribution < -0.4 is 11.1 Å². The number of allylic oxidation sites excluding steroid dienone is 1. The first-order valence-electron chi connectivity index (χ1n) is 7.31. The number of anilines is 1. The maximum Gasteiger partial charge on any atom is 0.302 e. The Hall–Kier alpha value is -2.74. The number of ether oxygens (including phenoxy) is 1. The van der Waals surface area contributed by atoms with Crippen molar-refractivity contribution in [3.63, 3.8) is 0 Å². The summed E-state index contributed by atoms with van der Waals surface area (Å²) in [4.78, 5) is 23.7. The Labute approximate surface area is 147 Å². The lowest BCUT2D eigenvalue weighted by Crippen LogP contribution is -2.11. The van der Waals surface area contributed by atoms with Gasteiger partial charge in [-0.1, -0.05) is 0 Å². The number of esters is 1. The summed E-state index contributed by atoms with van der Waals surface area (Å²) >= 11 is 1.38. The number of rotatable bonds is 7. The molecule has 0 unspecified atom stereocenters. The quantitative estimate of drug-likeness (QED) is 0.447. The molecule has 5 nitrogen and oxygen atoms in total. The molecule has 0 saturated carbocycles.